The van der Waals surface area contributed by atoms with Gasteiger partial charge in [0, 0.05) is 36.1 Å². The molecule has 3 aromatic rings. The Morgan fingerprint density at radius 1 is 1.12 bits per heavy atom. The summed E-state index contributed by atoms with van der Waals surface area (Å²) < 4.78 is 5.37. The van der Waals surface area contributed by atoms with Crippen molar-refractivity contribution in [3.8, 4) is 0 Å². The fourth-order valence-corrected chi connectivity index (χ4v) is 2.83. The molecule has 0 bridgehead atoms. The molecular formula is C21H25N3O. The van der Waals surface area contributed by atoms with Crippen molar-refractivity contribution < 1.29 is 4.42 Å². The second-order valence-electron chi connectivity index (χ2n) is 6.20. The highest BCUT2D eigenvalue weighted by atomic mass is 16.3. The van der Waals surface area contributed by atoms with Crippen molar-refractivity contribution in [2.75, 3.05) is 37.4 Å². The van der Waals surface area contributed by atoms with E-state index in [0.29, 0.717) is 0 Å². The number of benzene rings is 2. The van der Waals surface area contributed by atoms with Crippen LogP contribution in [-0.2, 0) is 0 Å². The average Bonchev–Trinajstić information content (AvgIpc) is 3.09. The number of anilines is 2. The maximum absolute atomic E-state index is 5.37. The molecule has 0 fully saturated rings. The zero-order valence-corrected chi connectivity index (χ0v) is 14.9. The first kappa shape index (κ1) is 17.1. The molecule has 0 aliphatic carbocycles. The summed E-state index contributed by atoms with van der Waals surface area (Å²) in [5, 5.41) is 7.63. The largest absolute Gasteiger partial charge is 0.464 e. The van der Waals surface area contributed by atoms with Gasteiger partial charge in [0.1, 0.15) is 5.58 Å². The number of hydrogen-bond donors (Lipinski definition) is 2. The molecule has 0 atom stereocenters. The number of nitrogens with one attached hydrogen (secondary N) is 2. The summed E-state index contributed by atoms with van der Waals surface area (Å²) in [4.78, 5) is 2.27. The van der Waals surface area contributed by atoms with Crippen LogP contribution in [-0.4, -0.2) is 27.2 Å². The van der Waals surface area contributed by atoms with Crippen LogP contribution in [0, 0.1) is 0 Å². The van der Waals surface area contributed by atoms with Crippen molar-refractivity contribution in [1.29, 1.82) is 0 Å². The van der Waals surface area contributed by atoms with Gasteiger partial charge in [-0.05, 0) is 62.0 Å². The lowest BCUT2D eigenvalue weighted by Crippen LogP contribution is -2.22. The zero-order chi connectivity index (χ0) is 17.6. The number of nitrogens with zero attached hydrogens (tertiary/aromatic N) is 1. The maximum Gasteiger partial charge on any atom is 0.133 e. The summed E-state index contributed by atoms with van der Waals surface area (Å²) >= 11 is 0. The van der Waals surface area contributed by atoms with Crippen molar-refractivity contribution in [2.45, 2.75) is 6.42 Å². The third kappa shape index (κ3) is 4.22. The minimum absolute atomic E-state index is 0.882. The van der Waals surface area contributed by atoms with Crippen LogP contribution in [0.3, 0.4) is 0 Å². The molecule has 1 aromatic heterocycles. The molecule has 0 saturated carbocycles. The van der Waals surface area contributed by atoms with E-state index in [0.717, 1.165) is 47.4 Å². The molecule has 4 heteroatoms. The first-order valence-corrected chi connectivity index (χ1v) is 8.57. The summed E-state index contributed by atoms with van der Waals surface area (Å²) in [6.45, 7) is 6.23. The van der Waals surface area contributed by atoms with Crippen LogP contribution in [0.2, 0.25) is 0 Å². The predicted octanol–water partition coefficient (Wildman–Crippen LogP) is 4.56. The lowest BCUT2D eigenvalue weighted by atomic mass is 10.1. The van der Waals surface area contributed by atoms with E-state index in [1.165, 1.54) is 5.69 Å². The number of fused-ring (bicyclic) bond motifs is 1. The molecule has 0 aliphatic rings. The monoisotopic (exact) mass is 335 g/mol. The molecule has 1 heterocycles. The summed E-state index contributed by atoms with van der Waals surface area (Å²) in [5.41, 5.74) is 5.08. The fraction of sp³-hybridized carbons (Fsp3) is 0.238. The van der Waals surface area contributed by atoms with E-state index in [-0.39, 0.29) is 0 Å². The molecule has 0 spiro atoms. The molecule has 3 rings (SSSR count). The molecule has 4 nitrogen and oxygen atoms in total. The molecule has 2 N–H and O–H groups in total. The van der Waals surface area contributed by atoms with Gasteiger partial charge in [-0.2, -0.15) is 0 Å². The number of furan rings is 1. The van der Waals surface area contributed by atoms with Gasteiger partial charge in [-0.3, -0.25) is 0 Å². The van der Waals surface area contributed by atoms with Gasteiger partial charge in [0.15, 0.2) is 0 Å². The molecule has 0 radical (unpaired) electrons. The molecule has 0 amide bonds. The summed E-state index contributed by atoms with van der Waals surface area (Å²) in [5.74, 6) is 0. The first-order valence-electron chi connectivity index (χ1n) is 8.57. The third-order valence-corrected chi connectivity index (χ3v) is 4.32. The van der Waals surface area contributed by atoms with Crippen LogP contribution < -0.4 is 15.5 Å². The lowest BCUT2D eigenvalue weighted by Gasteiger charge is -2.20. The Kier molecular flexibility index (Phi) is 5.41. The lowest BCUT2D eigenvalue weighted by molar-refractivity contribution is 0.616. The molecule has 25 heavy (non-hydrogen) atoms. The number of hydrogen-bond acceptors (Lipinski definition) is 4. The van der Waals surface area contributed by atoms with Crippen LogP contribution in [0.25, 0.3) is 16.7 Å². The number of rotatable bonds is 8. The quantitative estimate of drug-likeness (QED) is 0.592. The van der Waals surface area contributed by atoms with Crippen molar-refractivity contribution in [3.63, 3.8) is 0 Å². The van der Waals surface area contributed by atoms with Gasteiger partial charge in [0.2, 0.25) is 0 Å². The highest BCUT2D eigenvalue weighted by molar-refractivity contribution is 5.84. The molecule has 2 aromatic carbocycles. The Labute approximate surface area is 149 Å². The predicted molar refractivity (Wildman–Crippen MR) is 107 cm³/mol. The van der Waals surface area contributed by atoms with Gasteiger partial charge < -0.3 is 20.0 Å². The molecule has 0 aliphatic heterocycles. The van der Waals surface area contributed by atoms with E-state index < -0.39 is 0 Å². The smallest absolute Gasteiger partial charge is 0.133 e. The molecule has 130 valence electrons. The van der Waals surface area contributed by atoms with Crippen molar-refractivity contribution >= 4 is 28.0 Å². The van der Waals surface area contributed by atoms with Gasteiger partial charge in [-0.25, -0.2) is 0 Å². The first-order chi connectivity index (χ1) is 12.2. The Bertz CT molecular complexity index is 836. The molecule has 0 saturated heterocycles. The van der Waals surface area contributed by atoms with Crippen LogP contribution >= 0.6 is 0 Å². The highest BCUT2D eigenvalue weighted by Crippen LogP contribution is 2.24. The van der Waals surface area contributed by atoms with Gasteiger partial charge in [0.05, 0.1) is 6.26 Å². The minimum Gasteiger partial charge on any atom is -0.464 e. The van der Waals surface area contributed by atoms with Crippen LogP contribution in [0.4, 0.5) is 11.4 Å². The SMILES string of the molecule is C=C(Nc1ccc2occc2c1)c1ccc(N(C)CCCNC)cc1. The summed E-state index contributed by atoms with van der Waals surface area (Å²) in [7, 11) is 4.11. The minimum atomic E-state index is 0.882. The van der Waals surface area contributed by atoms with E-state index in [9.17, 15) is 0 Å². The van der Waals surface area contributed by atoms with Crippen molar-refractivity contribution in [2.24, 2.45) is 0 Å². The third-order valence-electron chi connectivity index (χ3n) is 4.32. The highest BCUT2D eigenvalue weighted by Gasteiger charge is 2.04. The van der Waals surface area contributed by atoms with Crippen LogP contribution in [0.5, 0.6) is 0 Å². The fourth-order valence-electron chi connectivity index (χ4n) is 2.83. The second kappa shape index (κ2) is 7.90. The Hall–Kier alpha value is -2.72. The van der Waals surface area contributed by atoms with Crippen LogP contribution in [0.15, 0.2) is 65.8 Å². The Balaban J connectivity index is 1.63. The Morgan fingerprint density at radius 3 is 2.68 bits per heavy atom. The van der Waals surface area contributed by atoms with Gasteiger partial charge >= 0.3 is 0 Å². The van der Waals surface area contributed by atoms with Gasteiger partial charge in [0.25, 0.3) is 0 Å². The van der Waals surface area contributed by atoms with Gasteiger partial charge in [-0.15, -0.1) is 0 Å². The second-order valence-corrected chi connectivity index (χ2v) is 6.20. The van der Waals surface area contributed by atoms with E-state index >= 15 is 0 Å². The van der Waals surface area contributed by atoms with Gasteiger partial charge in [-0.1, -0.05) is 18.7 Å². The van der Waals surface area contributed by atoms with E-state index in [1.54, 1.807) is 6.26 Å². The van der Waals surface area contributed by atoms with Crippen LogP contribution in [0.1, 0.15) is 12.0 Å². The van der Waals surface area contributed by atoms with E-state index in [2.05, 4.69) is 59.5 Å². The normalized spacial score (nSPS) is 10.8. The Morgan fingerprint density at radius 2 is 1.92 bits per heavy atom. The standard InChI is InChI=1S/C21H25N3O/c1-16(23-19-7-10-21-18(15-19)11-14-25-21)17-5-8-20(9-6-17)24(3)13-4-12-22-2/h5-11,14-15,22-23H,1,4,12-13H2,2-3H3. The van der Waals surface area contributed by atoms with Crippen molar-refractivity contribution in [3.05, 3.63) is 66.9 Å². The molecular weight excluding hydrogens is 310 g/mol. The van der Waals surface area contributed by atoms with Crippen molar-refractivity contribution in [1.82, 2.24) is 5.32 Å². The summed E-state index contributed by atoms with van der Waals surface area (Å²) in [6, 6.07) is 16.5. The topological polar surface area (TPSA) is 40.4 Å². The van der Waals surface area contributed by atoms with E-state index in [1.807, 2.05) is 25.2 Å². The zero-order valence-electron chi connectivity index (χ0n) is 14.9. The summed E-state index contributed by atoms with van der Waals surface area (Å²) in [6.07, 6.45) is 2.83. The van der Waals surface area contributed by atoms with E-state index in [4.69, 9.17) is 4.42 Å². The molecule has 0 unspecified atom stereocenters. The maximum atomic E-state index is 5.37. The average molecular weight is 335 g/mol.